The van der Waals surface area contributed by atoms with E-state index in [2.05, 4.69) is 10.1 Å². The number of carbonyl (C=O) groups is 1. The van der Waals surface area contributed by atoms with Crippen molar-refractivity contribution in [3.05, 3.63) is 47.8 Å². The Kier molecular flexibility index (Phi) is 2.08. The zero-order chi connectivity index (χ0) is 11.8. The molecule has 3 aromatic rings. The Hall–Kier alpha value is -2.36. The van der Waals surface area contributed by atoms with Gasteiger partial charge in [0.15, 0.2) is 11.9 Å². The summed E-state index contributed by atoms with van der Waals surface area (Å²) in [5.41, 5.74) is 4.24. The molecule has 4 heteroatoms. The van der Waals surface area contributed by atoms with Crippen LogP contribution in [0.4, 0.5) is 0 Å². The molecule has 0 aliphatic rings. The van der Waals surface area contributed by atoms with E-state index in [0.29, 0.717) is 5.56 Å². The summed E-state index contributed by atoms with van der Waals surface area (Å²) in [6.07, 6.45) is 2.75. The molecule has 0 fully saturated rings. The first kappa shape index (κ1) is 9.84. The monoisotopic (exact) mass is 225 g/mol. The molecule has 0 bridgehead atoms. The summed E-state index contributed by atoms with van der Waals surface area (Å²) in [5, 5.41) is 3.15. The summed E-state index contributed by atoms with van der Waals surface area (Å²) in [6, 6.07) is 9.41. The van der Waals surface area contributed by atoms with Gasteiger partial charge in [0.05, 0.1) is 11.9 Å². The van der Waals surface area contributed by atoms with Crippen LogP contribution in [-0.2, 0) is 0 Å². The van der Waals surface area contributed by atoms with Gasteiger partial charge in [-0.15, -0.1) is 0 Å². The summed E-state index contributed by atoms with van der Waals surface area (Å²) in [7, 11) is 0. The maximum Gasteiger partial charge on any atom is 0.153 e. The quantitative estimate of drug-likeness (QED) is 0.681. The maximum atomic E-state index is 11.0. The van der Waals surface area contributed by atoms with Crippen LogP contribution >= 0.6 is 0 Å². The number of rotatable bonds is 2. The van der Waals surface area contributed by atoms with Crippen molar-refractivity contribution in [3.63, 3.8) is 0 Å². The second-order valence-electron chi connectivity index (χ2n) is 4.00. The van der Waals surface area contributed by atoms with Crippen molar-refractivity contribution in [2.24, 2.45) is 0 Å². The van der Waals surface area contributed by atoms with Gasteiger partial charge in [-0.05, 0) is 6.92 Å². The van der Waals surface area contributed by atoms with Crippen molar-refractivity contribution in [1.82, 2.24) is 14.6 Å². The molecule has 0 spiro atoms. The highest BCUT2D eigenvalue weighted by Crippen LogP contribution is 2.22. The Morgan fingerprint density at radius 2 is 2.18 bits per heavy atom. The van der Waals surface area contributed by atoms with Crippen LogP contribution in [0.25, 0.3) is 16.9 Å². The van der Waals surface area contributed by atoms with Gasteiger partial charge >= 0.3 is 0 Å². The van der Waals surface area contributed by atoms with Gasteiger partial charge in [-0.1, -0.05) is 24.3 Å². The Balaban J connectivity index is 2.19. The van der Waals surface area contributed by atoms with E-state index in [1.165, 1.54) is 0 Å². The van der Waals surface area contributed by atoms with Gasteiger partial charge in [-0.3, -0.25) is 9.89 Å². The molecule has 3 rings (SSSR count). The Morgan fingerprint density at radius 1 is 1.35 bits per heavy atom. The number of aromatic nitrogens is 3. The largest absolute Gasteiger partial charge is 0.298 e. The molecule has 0 radical (unpaired) electrons. The number of hydrogen-bond acceptors (Lipinski definition) is 2. The highest BCUT2D eigenvalue weighted by molar-refractivity contribution is 5.86. The van der Waals surface area contributed by atoms with Crippen molar-refractivity contribution in [2.75, 3.05) is 0 Å². The molecule has 0 aliphatic carbocycles. The number of imidazole rings is 1. The Morgan fingerprint density at radius 3 is 2.94 bits per heavy atom. The number of aromatic amines is 1. The fraction of sp³-hybridized carbons (Fsp3) is 0.0769. The van der Waals surface area contributed by atoms with E-state index in [1.54, 1.807) is 6.07 Å². The molecule has 4 nitrogen and oxygen atoms in total. The lowest BCUT2D eigenvalue weighted by atomic mass is 10.1. The smallest absolute Gasteiger partial charge is 0.153 e. The average Bonchev–Trinajstić information content (AvgIpc) is 2.86. The molecule has 0 saturated heterocycles. The number of H-pyrrole nitrogens is 1. The van der Waals surface area contributed by atoms with Gasteiger partial charge in [0.1, 0.15) is 0 Å². The Bertz CT molecular complexity index is 662. The third-order valence-electron chi connectivity index (χ3n) is 2.74. The van der Waals surface area contributed by atoms with Gasteiger partial charge in [-0.25, -0.2) is 9.50 Å². The van der Waals surface area contributed by atoms with E-state index < -0.39 is 0 Å². The fourth-order valence-electron chi connectivity index (χ4n) is 1.96. The van der Waals surface area contributed by atoms with Crippen molar-refractivity contribution in [2.45, 2.75) is 6.92 Å². The van der Waals surface area contributed by atoms with Crippen LogP contribution in [0, 0.1) is 6.92 Å². The highest BCUT2D eigenvalue weighted by Gasteiger charge is 2.09. The number of aldehydes is 1. The summed E-state index contributed by atoms with van der Waals surface area (Å²) in [4.78, 5) is 15.5. The van der Waals surface area contributed by atoms with E-state index in [1.807, 2.05) is 41.9 Å². The number of fused-ring (bicyclic) bond motifs is 1. The molecule has 2 heterocycles. The molecule has 1 N–H and O–H groups in total. The van der Waals surface area contributed by atoms with Crippen LogP contribution < -0.4 is 0 Å². The molecule has 17 heavy (non-hydrogen) atoms. The van der Waals surface area contributed by atoms with Gasteiger partial charge in [0.2, 0.25) is 0 Å². The first-order valence-corrected chi connectivity index (χ1v) is 5.37. The van der Waals surface area contributed by atoms with Gasteiger partial charge < -0.3 is 0 Å². The van der Waals surface area contributed by atoms with Crippen LogP contribution in [0.15, 0.2) is 36.5 Å². The molecule has 0 amide bonds. The van der Waals surface area contributed by atoms with Gasteiger partial charge in [-0.2, -0.15) is 0 Å². The fourth-order valence-corrected chi connectivity index (χ4v) is 1.96. The number of benzene rings is 1. The second-order valence-corrected chi connectivity index (χ2v) is 4.00. The van der Waals surface area contributed by atoms with Crippen molar-refractivity contribution < 1.29 is 4.79 Å². The van der Waals surface area contributed by atoms with Crippen LogP contribution in [0.1, 0.15) is 16.1 Å². The number of aryl methyl sites for hydroxylation is 1. The highest BCUT2D eigenvalue weighted by atomic mass is 16.1. The lowest BCUT2D eigenvalue weighted by Gasteiger charge is -1.99. The molecule has 84 valence electrons. The zero-order valence-corrected chi connectivity index (χ0v) is 9.34. The van der Waals surface area contributed by atoms with E-state index in [9.17, 15) is 4.79 Å². The lowest BCUT2D eigenvalue weighted by molar-refractivity contribution is 0.112. The van der Waals surface area contributed by atoms with E-state index in [4.69, 9.17) is 0 Å². The molecular weight excluding hydrogens is 214 g/mol. The number of hydrogen-bond donors (Lipinski definition) is 1. The number of carbonyl (C=O) groups excluding carboxylic acids is 1. The van der Waals surface area contributed by atoms with Crippen molar-refractivity contribution >= 4 is 11.9 Å². The summed E-state index contributed by atoms with van der Waals surface area (Å²) in [5.74, 6) is 0. The molecule has 0 atom stereocenters. The SMILES string of the molecule is Cc1cc2nc(-c3ccccc3C=O)cn2[nH]1. The average molecular weight is 225 g/mol. The number of nitrogens with one attached hydrogen (secondary N) is 1. The predicted molar refractivity (Wildman–Crippen MR) is 65.1 cm³/mol. The summed E-state index contributed by atoms with van der Waals surface area (Å²) >= 11 is 0. The van der Waals surface area contributed by atoms with Crippen LogP contribution in [0.2, 0.25) is 0 Å². The van der Waals surface area contributed by atoms with E-state index in [-0.39, 0.29) is 0 Å². The zero-order valence-electron chi connectivity index (χ0n) is 9.34. The van der Waals surface area contributed by atoms with E-state index >= 15 is 0 Å². The minimum Gasteiger partial charge on any atom is -0.298 e. The summed E-state index contributed by atoms with van der Waals surface area (Å²) in [6.45, 7) is 1.98. The maximum absolute atomic E-state index is 11.0. The third kappa shape index (κ3) is 1.54. The van der Waals surface area contributed by atoms with Crippen LogP contribution in [0.5, 0.6) is 0 Å². The topological polar surface area (TPSA) is 50.2 Å². The standard InChI is InChI=1S/C13H11N3O/c1-9-6-13-14-12(7-16(13)15-9)11-5-3-2-4-10(11)8-17/h2-8,15H,1H3. The normalized spacial score (nSPS) is 10.9. The molecule has 2 aromatic heterocycles. The van der Waals surface area contributed by atoms with Gasteiger partial charge in [0, 0.05) is 22.9 Å². The first-order chi connectivity index (χ1) is 8.28. The van der Waals surface area contributed by atoms with Crippen molar-refractivity contribution in [3.8, 4) is 11.3 Å². The van der Waals surface area contributed by atoms with Crippen LogP contribution in [-0.4, -0.2) is 20.9 Å². The van der Waals surface area contributed by atoms with E-state index in [0.717, 1.165) is 28.9 Å². The molecule has 1 aromatic carbocycles. The third-order valence-corrected chi connectivity index (χ3v) is 2.74. The molecule has 0 aliphatic heterocycles. The van der Waals surface area contributed by atoms with Crippen molar-refractivity contribution in [1.29, 1.82) is 0 Å². The second kappa shape index (κ2) is 3.59. The predicted octanol–water partition coefficient (Wildman–Crippen LogP) is 2.45. The minimum absolute atomic E-state index is 0.657. The van der Waals surface area contributed by atoms with Gasteiger partial charge in [0.25, 0.3) is 0 Å². The van der Waals surface area contributed by atoms with Crippen LogP contribution in [0.3, 0.4) is 0 Å². The molecule has 0 saturated carbocycles. The molecule has 0 unspecified atom stereocenters. The first-order valence-electron chi connectivity index (χ1n) is 5.37. The summed E-state index contributed by atoms with van der Waals surface area (Å²) < 4.78 is 1.85. The molecular formula is C13H11N3O. The minimum atomic E-state index is 0.657. The number of nitrogens with zero attached hydrogens (tertiary/aromatic N) is 2. The Labute approximate surface area is 97.9 Å². The lowest BCUT2D eigenvalue weighted by Crippen LogP contribution is -1.87.